The lowest BCUT2D eigenvalue weighted by Gasteiger charge is -2.16. The molecule has 0 saturated heterocycles. The van der Waals surface area contributed by atoms with Gasteiger partial charge >= 0.3 is 0 Å². The fraction of sp³-hybridized carbons (Fsp3) is 0.333. The van der Waals surface area contributed by atoms with Gasteiger partial charge < -0.3 is 10.4 Å². The average Bonchev–Trinajstić information content (AvgIpc) is 2.85. The maximum atomic E-state index is 14.8. The Labute approximate surface area is 203 Å². The molecule has 3 aromatic heterocycles. The van der Waals surface area contributed by atoms with Gasteiger partial charge in [-0.2, -0.15) is 0 Å². The third kappa shape index (κ3) is 5.43. The summed E-state index contributed by atoms with van der Waals surface area (Å²) in [7, 11) is 0. The molecule has 6 nitrogen and oxygen atoms in total. The molecule has 1 atom stereocenters. The summed E-state index contributed by atoms with van der Waals surface area (Å²) in [5, 5.41) is 13.5. The van der Waals surface area contributed by atoms with Crippen molar-refractivity contribution in [1.82, 2.24) is 19.9 Å². The predicted octanol–water partition coefficient (Wildman–Crippen LogP) is 6.85. The number of nitrogens with one attached hydrogen (secondary N) is 1. The monoisotopic (exact) mass is 477 g/mol. The first-order chi connectivity index (χ1) is 16.9. The lowest BCUT2D eigenvalue weighted by molar-refractivity contribution is 0.201. The van der Waals surface area contributed by atoms with Crippen LogP contribution in [0.25, 0.3) is 22.2 Å². The quantitative estimate of drug-likeness (QED) is 0.274. The molecule has 182 valence electrons. The third-order valence-electron chi connectivity index (χ3n) is 6.07. The first-order valence-corrected chi connectivity index (χ1v) is 11.9. The number of aromatic nitrogens is 4. The van der Waals surface area contributed by atoms with E-state index < -0.39 is 17.7 Å². The van der Waals surface area contributed by atoms with Gasteiger partial charge in [0.15, 0.2) is 5.82 Å². The number of nitrogens with zero attached hydrogens (tertiary/aromatic N) is 4. The molecular weight excluding hydrogens is 448 g/mol. The summed E-state index contributed by atoms with van der Waals surface area (Å²) >= 11 is 0. The first-order valence-electron chi connectivity index (χ1n) is 11.9. The van der Waals surface area contributed by atoms with E-state index in [0.29, 0.717) is 22.7 Å². The number of halogens is 2. The van der Waals surface area contributed by atoms with Crippen molar-refractivity contribution in [3.63, 3.8) is 0 Å². The highest BCUT2D eigenvalue weighted by Gasteiger charge is 2.17. The maximum Gasteiger partial charge on any atom is 0.229 e. The Morgan fingerprint density at radius 2 is 1.71 bits per heavy atom. The maximum absolute atomic E-state index is 14.8. The van der Waals surface area contributed by atoms with Gasteiger partial charge in [-0.15, -0.1) is 0 Å². The molecule has 8 heteroatoms. The van der Waals surface area contributed by atoms with Crippen molar-refractivity contribution < 1.29 is 13.9 Å². The van der Waals surface area contributed by atoms with Gasteiger partial charge in [0.2, 0.25) is 5.95 Å². The van der Waals surface area contributed by atoms with Crippen LogP contribution in [-0.4, -0.2) is 25.0 Å². The molecule has 0 bridgehead atoms. The molecule has 0 fully saturated rings. The SMILES string of the molecule is CCCC(CCC)c1ccc(Nc2ncc(F)c(-c3cc(F)c4nccc(C(C)O)c4c3)n2)nc1. The van der Waals surface area contributed by atoms with Crippen molar-refractivity contribution in [3.8, 4) is 11.3 Å². The fourth-order valence-electron chi connectivity index (χ4n) is 4.37. The number of aliphatic hydroxyl groups is 1. The number of rotatable bonds is 9. The van der Waals surface area contributed by atoms with E-state index in [2.05, 4.69) is 39.1 Å². The molecular formula is C27H29F2N5O. The minimum absolute atomic E-state index is 0.0636. The summed E-state index contributed by atoms with van der Waals surface area (Å²) in [5.41, 5.74) is 1.95. The molecule has 0 aliphatic heterocycles. The van der Waals surface area contributed by atoms with E-state index in [9.17, 15) is 13.9 Å². The first kappa shape index (κ1) is 24.6. The zero-order valence-corrected chi connectivity index (χ0v) is 20.1. The number of pyridine rings is 2. The summed E-state index contributed by atoms with van der Waals surface area (Å²) in [6.45, 7) is 5.94. The van der Waals surface area contributed by atoms with Gasteiger partial charge in [-0.3, -0.25) is 4.98 Å². The van der Waals surface area contributed by atoms with Gasteiger partial charge in [0.25, 0.3) is 0 Å². The van der Waals surface area contributed by atoms with E-state index in [0.717, 1.165) is 31.9 Å². The summed E-state index contributed by atoms with van der Waals surface area (Å²) in [6, 6.07) is 8.28. The molecule has 2 N–H and O–H groups in total. The summed E-state index contributed by atoms with van der Waals surface area (Å²) < 4.78 is 29.5. The molecule has 0 aliphatic carbocycles. The highest BCUT2D eigenvalue weighted by Crippen LogP contribution is 2.31. The van der Waals surface area contributed by atoms with E-state index in [1.54, 1.807) is 19.1 Å². The molecule has 0 aliphatic rings. The molecule has 0 amide bonds. The van der Waals surface area contributed by atoms with Gasteiger partial charge in [0, 0.05) is 23.3 Å². The van der Waals surface area contributed by atoms with Crippen molar-refractivity contribution in [1.29, 1.82) is 0 Å². The molecule has 3 heterocycles. The lowest BCUT2D eigenvalue weighted by atomic mass is 9.92. The van der Waals surface area contributed by atoms with Crippen LogP contribution in [0.4, 0.5) is 20.5 Å². The third-order valence-corrected chi connectivity index (χ3v) is 6.07. The van der Waals surface area contributed by atoms with Gasteiger partial charge in [-0.25, -0.2) is 23.7 Å². The smallest absolute Gasteiger partial charge is 0.229 e. The van der Waals surface area contributed by atoms with Crippen LogP contribution in [0.2, 0.25) is 0 Å². The van der Waals surface area contributed by atoms with Crippen LogP contribution in [-0.2, 0) is 0 Å². The number of hydrogen-bond donors (Lipinski definition) is 2. The molecule has 0 spiro atoms. The topological polar surface area (TPSA) is 83.8 Å². The number of aliphatic hydroxyl groups excluding tert-OH is 1. The fourth-order valence-corrected chi connectivity index (χ4v) is 4.37. The highest BCUT2D eigenvalue weighted by atomic mass is 19.1. The minimum atomic E-state index is -0.842. The van der Waals surface area contributed by atoms with Gasteiger partial charge in [0.1, 0.15) is 22.8 Å². The number of benzene rings is 1. The van der Waals surface area contributed by atoms with E-state index in [4.69, 9.17) is 0 Å². The molecule has 4 rings (SSSR count). The number of fused-ring (bicyclic) bond motifs is 1. The van der Waals surface area contributed by atoms with Crippen LogP contribution in [0.5, 0.6) is 0 Å². The second-order valence-electron chi connectivity index (χ2n) is 8.70. The number of anilines is 2. The van der Waals surface area contributed by atoms with Crippen molar-refractivity contribution in [2.24, 2.45) is 0 Å². The van der Waals surface area contributed by atoms with Crippen LogP contribution < -0.4 is 5.32 Å². The van der Waals surface area contributed by atoms with Gasteiger partial charge in [-0.05, 0) is 61.1 Å². The van der Waals surface area contributed by atoms with E-state index >= 15 is 0 Å². The van der Waals surface area contributed by atoms with Gasteiger partial charge in [0.05, 0.1) is 12.3 Å². The molecule has 4 aromatic rings. The van der Waals surface area contributed by atoms with Crippen LogP contribution in [0.3, 0.4) is 0 Å². The van der Waals surface area contributed by atoms with Crippen LogP contribution in [0.1, 0.15) is 69.6 Å². The Morgan fingerprint density at radius 3 is 2.37 bits per heavy atom. The van der Waals surface area contributed by atoms with Crippen LogP contribution in [0, 0.1) is 11.6 Å². The number of hydrogen-bond acceptors (Lipinski definition) is 6. The lowest BCUT2D eigenvalue weighted by Crippen LogP contribution is -2.04. The minimum Gasteiger partial charge on any atom is -0.389 e. The van der Waals surface area contributed by atoms with Crippen molar-refractivity contribution in [2.45, 2.75) is 58.5 Å². The molecule has 35 heavy (non-hydrogen) atoms. The Balaban J connectivity index is 1.65. The molecule has 1 unspecified atom stereocenters. The summed E-state index contributed by atoms with van der Waals surface area (Å²) in [4.78, 5) is 16.9. The molecule has 0 saturated carbocycles. The molecule has 1 aromatic carbocycles. The van der Waals surface area contributed by atoms with Crippen molar-refractivity contribution in [3.05, 3.63) is 71.7 Å². The average molecular weight is 478 g/mol. The van der Waals surface area contributed by atoms with E-state index in [-0.39, 0.29) is 22.7 Å². The highest BCUT2D eigenvalue weighted by molar-refractivity contribution is 5.87. The Morgan fingerprint density at radius 1 is 0.943 bits per heavy atom. The van der Waals surface area contributed by atoms with Gasteiger partial charge in [-0.1, -0.05) is 32.8 Å². The largest absolute Gasteiger partial charge is 0.389 e. The Kier molecular flexibility index (Phi) is 7.60. The predicted molar refractivity (Wildman–Crippen MR) is 133 cm³/mol. The molecule has 0 radical (unpaired) electrons. The standard InChI is InChI=1S/C27H29F2N5O/c1-4-6-17(7-5-2)18-8-9-24(31-14-18)33-27-32-15-23(29)25(34-27)19-12-21-20(16(3)35)10-11-30-26(21)22(28)13-19/h8-17,35H,4-7H2,1-3H3,(H,31,32,33,34). The zero-order chi connectivity index (χ0) is 24.9. The van der Waals surface area contributed by atoms with E-state index in [1.807, 2.05) is 18.3 Å². The van der Waals surface area contributed by atoms with Crippen molar-refractivity contribution >= 4 is 22.7 Å². The van der Waals surface area contributed by atoms with Crippen molar-refractivity contribution in [2.75, 3.05) is 5.32 Å². The normalized spacial score (nSPS) is 12.3. The Hall–Kier alpha value is -3.52. The zero-order valence-electron chi connectivity index (χ0n) is 20.1. The van der Waals surface area contributed by atoms with E-state index in [1.165, 1.54) is 17.8 Å². The Bertz CT molecular complexity index is 1310. The summed E-state index contributed by atoms with van der Waals surface area (Å²) in [5.74, 6) is -0.171. The van der Waals surface area contributed by atoms with Crippen LogP contribution >= 0.6 is 0 Å². The second-order valence-corrected chi connectivity index (χ2v) is 8.70. The van der Waals surface area contributed by atoms with Crippen LogP contribution in [0.15, 0.2) is 48.9 Å². The second kappa shape index (κ2) is 10.8. The summed E-state index contributed by atoms with van der Waals surface area (Å²) in [6.07, 6.45) is 7.94.